The number of nitrogens with one attached hydrogen (secondary N) is 1. The van der Waals surface area contributed by atoms with Gasteiger partial charge in [-0.05, 0) is 26.0 Å². The Balaban J connectivity index is 1.69. The predicted octanol–water partition coefficient (Wildman–Crippen LogP) is 1.57. The Morgan fingerprint density at radius 1 is 1.36 bits per heavy atom. The molecule has 2 aromatic rings. The lowest BCUT2D eigenvalue weighted by Gasteiger charge is -2.29. The van der Waals surface area contributed by atoms with Crippen LogP contribution in [0.1, 0.15) is 12.7 Å². The average molecular weight is 303 g/mol. The van der Waals surface area contributed by atoms with E-state index in [2.05, 4.69) is 32.3 Å². The molecule has 3 rings (SSSR count). The fraction of sp³-hybridized carbons (Fsp3) is 0.533. The van der Waals surface area contributed by atoms with Crippen molar-refractivity contribution < 1.29 is 9.26 Å². The quantitative estimate of drug-likeness (QED) is 0.898. The number of anilines is 1. The van der Waals surface area contributed by atoms with Crippen LogP contribution in [0.3, 0.4) is 0 Å². The first-order valence-corrected chi connectivity index (χ1v) is 7.54. The first-order valence-electron chi connectivity index (χ1n) is 7.54. The second kappa shape index (κ2) is 6.85. The Morgan fingerprint density at radius 2 is 2.18 bits per heavy atom. The van der Waals surface area contributed by atoms with Gasteiger partial charge >= 0.3 is 0 Å². The van der Waals surface area contributed by atoms with Crippen LogP contribution in [0.2, 0.25) is 0 Å². The van der Waals surface area contributed by atoms with Gasteiger partial charge in [0.05, 0.1) is 18.8 Å². The fourth-order valence-corrected chi connectivity index (χ4v) is 2.55. The molecule has 1 unspecified atom stereocenters. The Hall–Kier alpha value is -1.99. The summed E-state index contributed by atoms with van der Waals surface area (Å²) in [6, 6.07) is 4.06. The van der Waals surface area contributed by atoms with Crippen LogP contribution in [0.15, 0.2) is 22.9 Å². The number of ether oxygens (including phenoxy) is 1. The number of aromatic nitrogens is 3. The normalized spacial score (nSPS) is 17.4. The van der Waals surface area contributed by atoms with Gasteiger partial charge in [0.2, 0.25) is 0 Å². The molecule has 0 spiro atoms. The molecule has 7 nitrogen and oxygen atoms in total. The zero-order valence-electron chi connectivity index (χ0n) is 13.0. The molecule has 7 heteroatoms. The van der Waals surface area contributed by atoms with E-state index in [-0.39, 0.29) is 6.04 Å². The van der Waals surface area contributed by atoms with Crippen molar-refractivity contribution in [3.05, 3.63) is 24.2 Å². The summed E-state index contributed by atoms with van der Waals surface area (Å²) < 4.78 is 10.6. The molecule has 0 amide bonds. The molecule has 1 fully saturated rings. The second-order valence-electron chi connectivity index (χ2n) is 5.50. The molecule has 1 saturated heterocycles. The molecular formula is C15H21N5O2. The molecule has 1 aliphatic rings. The molecule has 0 aliphatic carbocycles. The van der Waals surface area contributed by atoms with E-state index in [9.17, 15) is 0 Å². The van der Waals surface area contributed by atoms with Gasteiger partial charge in [0.15, 0.2) is 5.82 Å². The molecule has 0 aromatic carbocycles. The molecule has 118 valence electrons. The highest BCUT2D eigenvalue weighted by atomic mass is 16.5. The molecule has 0 saturated carbocycles. The van der Waals surface area contributed by atoms with Crippen LogP contribution in [0.25, 0.3) is 11.5 Å². The number of hydrogen-bond acceptors (Lipinski definition) is 7. The third kappa shape index (κ3) is 3.61. The maximum absolute atomic E-state index is 5.38. The predicted molar refractivity (Wildman–Crippen MR) is 82.6 cm³/mol. The lowest BCUT2D eigenvalue weighted by molar-refractivity contribution is 0.0368. The smallest absolute Gasteiger partial charge is 0.261 e. The number of morpholine rings is 1. The summed E-state index contributed by atoms with van der Waals surface area (Å²) in [5.74, 6) is 1.88. The van der Waals surface area contributed by atoms with Gasteiger partial charge in [-0.1, -0.05) is 5.16 Å². The number of pyridine rings is 1. The van der Waals surface area contributed by atoms with Gasteiger partial charge in [-0.25, -0.2) is 4.98 Å². The fourth-order valence-electron chi connectivity index (χ4n) is 2.55. The molecule has 1 N–H and O–H groups in total. The Bertz CT molecular complexity index is 609. The largest absolute Gasteiger partial charge is 0.379 e. The van der Waals surface area contributed by atoms with Crippen molar-refractivity contribution in [1.82, 2.24) is 20.0 Å². The number of nitrogens with zero attached hydrogens (tertiary/aromatic N) is 4. The van der Waals surface area contributed by atoms with Gasteiger partial charge in [-0.3, -0.25) is 4.90 Å². The van der Waals surface area contributed by atoms with E-state index < -0.39 is 0 Å². The topological polar surface area (TPSA) is 76.3 Å². The summed E-state index contributed by atoms with van der Waals surface area (Å²) in [4.78, 5) is 11.1. The lowest BCUT2D eigenvalue weighted by atomic mass is 10.2. The van der Waals surface area contributed by atoms with Crippen LogP contribution >= 0.6 is 0 Å². The van der Waals surface area contributed by atoms with Crippen LogP contribution in [0, 0.1) is 6.92 Å². The monoisotopic (exact) mass is 303 g/mol. The van der Waals surface area contributed by atoms with Gasteiger partial charge in [-0.2, -0.15) is 4.98 Å². The summed E-state index contributed by atoms with van der Waals surface area (Å²) in [5, 5.41) is 7.29. The maximum atomic E-state index is 5.38. The Kier molecular flexibility index (Phi) is 4.65. The molecular weight excluding hydrogens is 282 g/mol. The van der Waals surface area contributed by atoms with Gasteiger partial charge in [-0.15, -0.1) is 0 Å². The molecule has 1 atom stereocenters. The summed E-state index contributed by atoms with van der Waals surface area (Å²) in [7, 11) is 0. The highest BCUT2D eigenvalue weighted by Crippen LogP contribution is 2.24. The summed E-state index contributed by atoms with van der Waals surface area (Å²) >= 11 is 0. The first kappa shape index (κ1) is 14.9. The lowest BCUT2D eigenvalue weighted by Crippen LogP contribution is -2.42. The summed E-state index contributed by atoms with van der Waals surface area (Å²) in [6.45, 7) is 8.46. The van der Waals surface area contributed by atoms with Crippen molar-refractivity contribution >= 4 is 5.82 Å². The summed E-state index contributed by atoms with van der Waals surface area (Å²) in [5.41, 5.74) is 0.830. The maximum Gasteiger partial charge on any atom is 0.261 e. The van der Waals surface area contributed by atoms with Gasteiger partial charge in [0, 0.05) is 31.9 Å². The van der Waals surface area contributed by atoms with E-state index >= 15 is 0 Å². The van der Waals surface area contributed by atoms with Crippen LogP contribution in [0.5, 0.6) is 0 Å². The van der Waals surface area contributed by atoms with E-state index in [0.29, 0.717) is 11.7 Å². The van der Waals surface area contributed by atoms with Crippen LogP contribution in [-0.2, 0) is 4.74 Å². The highest BCUT2D eigenvalue weighted by Gasteiger charge is 2.17. The molecule has 0 radical (unpaired) electrons. The van der Waals surface area contributed by atoms with Crippen molar-refractivity contribution in [3.63, 3.8) is 0 Å². The zero-order valence-corrected chi connectivity index (χ0v) is 13.0. The second-order valence-corrected chi connectivity index (χ2v) is 5.50. The van der Waals surface area contributed by atoms with Crippen molar-refractivity contribution in [2.45, 2.75) is 19.9 Å². The van der Waals surface area contributed by atoms with Crippen LogP contribution < -0.4 is 5.32 Å². The molecule has 3 heterocycles. The third-order valence-corrected chi connectivity index (χ3v) is 3.58. The van der Waals surface area contributed by atoms with E-state index in [1.54, 1.807) is 13.1 Å². The number of rotatable bonds is 5. The van der Waals surface area contributed by atoms with Gasteiger partial charge in [0.1, 0.15) is 5.82 Å². The standard InChI is InChI=1S/C15H21N5O2/c1-11(10-20-6-8-21-9-7-20)17-14-13(4-3-5-16-14)15-18-12(2)19-22-15/h3-5,11H,6-10H2,1-2H3,(H,16,17). The van der Waals surface area contributed by atoms with Crippen molar-refractivity contribution in [2.24, 2.45) is 0 Å². The minimum absolute atomic E-state index is 0.260. The summed E-state index contributed by atoms with van der Waals surface area (Å²) in [6.07, 6.45) is 1.76. The SMILES string of the molecule is Cc1noc(-c2cccnc2NC(C)CN2CCOCC2)n1. The Labute approximate surface area is 129 Å². The third-order valence-electron chi connectivity index (χ3n) is 3.58. The zero-order chi connectivity index (χ0) is 15.4. The van der Waals surface area contributed by atoms with E-state index in [0.717, 1.165) is 44.2 Å². The van der Waals surface area contributed by atoms with E-state index in [1.807, 2.05) is 12.1 Å². The van der Waals surface area contributed by atoms with Crippen molar-refractivity contribution in [1.29, 1.82) is 0 Å². The van der Waals surface area contributed by atoms with Crippen molar-refractivity contribution in [3.8, 4) is 11.5 Å². The van der Waals surface area contributed by atoms with Crippen molar-refractivity contribution in [2.75, 3.05) is 38.2 Å². The van der Waals surface area contributed by atoms with E-state index in [1.165, 1.54) is 0 Å². The molecule has 22 heavy (non-hydrogen) atoms. The Morgan fingerprint density at radius 3 is 2.91 bits per heavy atom. The highest BCUT2D eigenvalue weighted by molar-refractivity contribution is 5.68. The average Bonchev–Trinajstić information content (AvgIpc) is 2.95. The molecule has 0 bridgehead atoms. The molecule has 2 aromatic heterocycles. The minimum atomic E-state index is 0.260. The van der Waals surface area contributed by atoms with Crippen LogP contribution in [-0.4, -0.2) is 58.9 Å². The first-order chi connectivity index (χ1) is 10.7. The number of hydrogen-bond donors (Lipinski definition) is 1. The van der Waals surface area contributed by atoms with Gasteiger partial charge in [0.25, 0.3) is 5.89 Å². The van der Waals surface area contributed by atoms with E-state index in [4.69, 9.17) is 9.26 Å². The van der Waals surface area contributed by atoms with Gasteiger partial charge < -0.3 is 14.6 Å². The minimum Gasteiger partial charge on any atom is -0.379 e. The molecule has 1 aliphatic heterocycles. The van der Waals surface area contributed by atoms with Crippen LogP contribution in [0.4, 0.5) is 5.82 Å². The number of aryl methyl sites for hydroxylation is 1.